The van der Waals surface area contributed by atoms with Gasteiger partial charge in [0, 0.05) is 31.7 Å². The summed E-state index contributed by atoms with van der Waals surface area (Å²) in [5, 5.41) is 20.9. The molecule has 1 aromatic heterocycles. The van der Waals surface area contributed by atoms with Crippen LogP contribution in [-0.2, 0) is 13.1 Å². The van der Waals surface area contributed by atoms with Crippen LogP contribution in [0.1, 0.15) is 25.1 Å². The minimum Gasteiger partial charge on any atom is -0.395 e. The van der Waals surface area contributed by atoms with Gasteiger partial charge in [-0.2, -0.15) is 0 Å². The number of nitrogens with zero attached hydrogens (tertiary/aromatic N) is 4. The van der Waals surface area contributed by atoms with E-state index in [1.165, 1.54) is 12.8 Å². The second-order valence-electron chi connectivity index (χ2n) is 5.33. The van der Waals surface area contributed by atoms with Crippen LogP contribution in [-0.4, -0.2) is 56.6 Å². The van der Waals surface area contributed by atoms with Gasteiger partial charge >= 0.3 is 0 Å². The van der Waals surface area contributed by atoms with Gasteiger partial charge in [-0.05, 0) is 19.3 Å². The van der Waals surface area contributed by atoms with Crippen LogP contribution >= 0.6 is 0 Å². The fourth-order valence-corrected chi connectivity index (χ4v) is 2.46. The first-order chi connectivity index (χ1) is 8.85. The molecule has 1 aromatic rings. The Bertz CT molecular complexity index is 390. The van der Waals surface area contributed by atoms with E-state index in [-0.39, 0.29) is 12.6 Å². The Hall–Kier alpha value is -0.980. The Kier molecular flexibility index (Phi) is 3.58. The first kappa shape index (κ1) is 12.1. The highest BCUT2D eigenvalue weighted by Gasteiger charge is 2.25. The van der Waals surface area contributed by atoms with Gasteiger partial charge in [0.15, 0.2) is 0 Å². The van der Waals surface area contributed by atoms with Crippen LogP contribution in [0.5, 0.6) is 0 Å². The number of hydrogen-bond donors (Lipinski definition) is 2. The van der Waals surface area contributed by atoms with Crippen molar-refractivity contribution >= 4 is 0 Å². The van der Waals surface area contributed by atoms with Crippen molar-refractivity contribution in [3.05, 3.63) is 12.2 Å². The molecule has 1 atom stereocenters. The molecule has 0 spiro atoms. The summed E-state index contributed by atoms with van der Waals surface area (Å²) < 4.78 is 2.11. The molecule has 2 aliphatic rings. The average Bonchev–Trinajstić information content (AvgIpc) is 3.09. The van der Waals surface area contributed by atoms with Gasteiger partial charge in [-0.15, -0.1) is 10.2 Å². The maximum Gasteiger partial charge on any atom is 0.147 e. The summed E-state index contributed by atoms with van der Waals surface area (Å²) in [6.07, 6.45) is 5.34. The van der Waals surface area contributed by atoms with Gasteiger partial charge in [-0.1, -0.05) is 0 Å². The van der Waals surface area contributed by atoms with E-state index in [0.717, 1.165) is 38.4 Å². The predicted molar refractivity (Wildman–Crippen MR) is 66.9 cm³/mol. The summed E-state index contributed by atoms with van der Waals surface area (Å²) in [5.74, 6) is 1.05. The maximum atomic E-state index is 9.35. The van der Waals surface area contributed by atoms with Crippen molar-refractivity contribution in [1.82, 2.24) is 25.0 Å². The fraction of sp³-hybridized carbons (Fsp3) is 0.833. The molecule has 6 nitrogen and oxygen atoms in total. The van der Waals surface area contributed by atoms with E-state index < -0.39 is 0 Å². The standard InChI is InChI=1S/C12H21N5O/c18-8-11(14-10-1-2-10)3-4-16-5-6-17-9-13-15-12(17)7-16/h9-11,14,18H,1-8H2. The fourth-order valence-electron chi connectivity index (χ4n) is 2.46. The minimum absolute atomic E-state index is 0.237. The SMILES string of the molecule is OCC(CCN1CCn2cnnc2C1)NC1CC1. The van der Waals surface area contributed by atoms with Crippen LogP contribution in [0, 0.1) is 0 Å². The Morgan fingerprint density at radius 1 is 1.44 bits per heavy atom. The molecule has 1 fully saturated rings. The van der Waals surface area contributed by atoms with Gasteiger partial charge in [-0.3, -0.25) is 4.90 Å². The highest BCUT2D eigenvalue weighted by molar-refractivity contribution is 4.90. The zero-order valence-corrected chi connectivity index (χ0v) is 10.6. The molecule has 1 unspecified atom stereocenters. The Morgan fingerprint density at radius 2 is 2.33 bits per heavy atom. The second kappa shape index (κ2) is 5.34. The number of nitrogens with one attached hydrogen (secondary N) is 1. The van der Waals surface area contributed by atoms with E-state index in [4.69, 9.17) is 0 Å². The number of aromatic nitrogens is 3. The average molecular weight is 251 g/mol. The Morgan fingerprint density at radius 3 is 3.11 bits per heavy atom. The summed E-state index contributed by atoms with van der Waals surface area (Å²) in [7, 11) is 0. The quantitative estimate of drug-likeness (QED) is 0.720. The van der Waals surface area contributed by atoms with E-state index in [1.54, 1.807) is 6.33 Å². The highest BCUT2D eigenvalue weighted by Crippen LogP contribution is 2.20. The van der Waals surface area contributed by atoms with E-state index in [0.29, 0.717) is 6.04 Å². The lowest BCUT2D eigenvalue weighted by molar-refractivity contribution is 0.181. The summed E-state index contributed by atoms with van der Waals surface area (Å²) in [4.78, 5) is 2.39. The van der Waals surface area contributed by atoms with Crippen molar-refractivity contribution < 1.29 is 5.11 Å². The highest BCUT2D eigenvalue weighted by atomic mass is 16.3. The first-order valence-electron chi connectivity index (χ1n) is 6.81. The summed E-state index contributed by atoms with van der Waals surface area (Å²) >= 11 is 0. The van der Waals surface area contributed by atoms with Crippen molar-refractivity contribution in [2.24, 2.45) is 0 Å². The van der Waals surface area contributed by atoms with Gasteiger partial charge in [-0.25, -0.2) is 0 Å². The molecule has 1 saturated carbocycles. The summed E-state index contributed by atoms with van der Waals surface area (Å²) in [6.45, 7) is 4.15. The number of aliphatic hydroxyl groups is 1. The van der Waals surface area contributed by atoms with Crippen molar-refractivity contribution in [2.45, 2.75) is 44.4 Å². The molecule has 0 bridgehead atoms. The number of hydrogen-bond acceptors (Lipinski definition) is 5. The molecular formula is C12H21N5O. The van der Waals surface area contributed by atoms with E-state index in [9.17, 15) is 5.11 Å². The van der Waals surface area contributed by atoms with Gasteiger partial charge in [0.05, 0.1) is 13.2 Å². The number of fused-ring (bicyclic) bond motifs is 1. The van der Waals surface area contributed by atoms with Crippen molar-refractivity contribution in [3.63, 3.8) is 0 Å². The van der Waals surface area contributed by atoms with Gasteiger partial charge in [0.2, 0.25) is 0 Å². The zero-order chi connectivity index (χ0) is 12.4. The minimum atomic E-state index is 0.237. The van der Waals surface area contributed by atoms with Gasteiger partial charge in [0.25, 0.3) is 0 Å². The summed E-state index contributed by atoms with van der Waals surface area (Å²) in [6, 6.07) is 0.906. The van der Waals surface area contributed by atoms with Crippen molar-refractivity contribution in [1.29, 1.82) is 0 Å². The van der Waals surface area contributed by atoms with Gasteiger partial charge < -0.3 is 15.0 Å². The molecule has 18 heavy (non-hydrogen) atoms. The molecule has 2 heterocycles. The predicted octanol–water partition coefficient (Wildman–Crippen LogP) is -0.403. The maximum absolute atomic E-state index is 9.35. The van der Waals surface area contributed by atoms with E-state index in [1.807, 2.05) is 0 Å². The monoisotopic (exact) mass is 251 g/mol. The molecule has 1 aliphatic heterocycles. The van der Waals surface area contributed by atoms with Crippen LogP contribution in [0.4, 0.5) is 0 Å². The van der Waals surface area contributed by atoms with Crippen LogP contribution in [0.25, 0.3) is 0 Å². The Balaban J connectivity index is 1.45. The topological polar surface area (TPSA) is 66.2 Å². The lowest BCUT2D eigenvalue weighted by atomic mass is 10.2. The molecule has 0 radical (unpaired) electrons. The van der Waals surface area contributed by atoms with E-state index >= 15 is 0 Å². The third kappa shape index (κ3) is 2.88. The zero-order valence-electron chi connectivity index (χ0n) is 10.6. The molecule has 3 rings (SSSR count). The van der Waals surface area contributed by atoms with Crippen molar-refractivity contribution in [3.8, 4) is 0 Å². The number of rotatable bonds is 6. The molecule has 0 saturated heterocycles. The smallest absolute Gasteiger partial charge is 0.147 e. The third-order valence-electron chi connectivity index (χ3n) is 3.78. The van der Waals surface area contributed by atoms with Crippen LogP contribution in [0.2, 0.25) is 0 Å². The third-order valence-corrected chi connectivity index (χ3v) is 3.78. The van der Waals surface area contributed by atoms with Crippen LogP contribution < -0.4 is 5.32 Å². The lowest BCUT2D eigenvalue weighted by Gasteiger charge is -2.28. The van der Waals surface area contributed by atoms with Gasteiger partial charge in [0.1, 0.15) is 12.2 Å². The molecule has 0 amide bonds. The molecule has 6 heteroatoms. The largest absolute Gasteiger partial charge is 0.395 e. The van der Waals surface area contributed by atoms with Crippen LogP contribution in [0.3, 0.4) is 0 Å². The van der Waals surface area contributed by atoms with Crippen LogP contribution in [0.15, 0.2) is 6.33 Å². The lowest BCUT2D eigenvalue weighted by Crippen LogP contribution is -2.40. The first-order valence-corrected chi connectivity index (χ1v) is 6.81. The molecule has 1 aliphatic carbocycles. The Labute approximate surface area is 107 Å². The second-order valence-corrected chi connectivity index (χ2v) is 5.33. The normalized spacial score (nSPS) is 21.8. The van der Waals surface area contributed by atoms with Crippen molar-refractivity contribution in [2.75, 3.05) is 19.7 Å². The van der Waals surface area contributed by atoms with E-state index in [2.05, 4.69) is 25.0 Å². The molecular weight excluding hydrogens is 230 g/mol. The molecule has 0 aromatic carbocycles. The molecule has 100 valence electrons. The molecule has 2 N–H and O–H groups in total. The summed E-state index contributed by atoms with van der Waals surface area (Å²) in [5.41, 5.74) is 0. The number of aliphatic hydroxyl groups excluding tert-OH is 1.